The third-order valence-electron chi connectivity index (χ3n) is 5.78. The Labute approximate surface area is 137 Å². The van der Waals surface area contributed by atoms with Crippen LogP contribution in [0.2, 0.25) is 0 Å². The Morgan fingerprint density at radius 2 is 1.83 bits per heavy atom. The summed E-state index contributed by atoms with van der Waals surface area (Å²) in [6, 6.07) is 0. The molecule has 0 aromatic carbocycles. The van der Waals surface area contributed by atoms with Crippen LogP contribution in [0.15, 0.2) is 36.0 Å². The minimum atomic E-state index is -0.394. The molecule has 0 aromatic heterocycles. The predicted octanol–water partition coefficient (Wildman–Crippen LogP) is 3.19. The number of carbonyl (C=O) groups is 2. The van der Waals surface area contributed by atoms with E-state index in [9.17, 15) is 9.59 Å². The highest BCUT2D eigenvalue weighted by atomic mass is 16.5. The number of hydrogen-bond acceptors (Lipinski definition) is 3. The number of primary amides is 1. The maximum Gasteiger partial charge on any atom is 0.312 e. The Bertz CT molecular complexity index is 561. The van der Waals surface area contributed by atoms with Gasteiger partial charge >= 0.3 is 5.97 Å². The van der Waals surface area contributed by atoms with Gasteiger partial charge in [0, 0.05) is 0 Å². The molecule has 0 saturated heterocycles. The van der Waals surface area contributed by atoms with Crippen molar-refractivity contribution in [2.24, 2.45) is 16.6 Å². The second kappa shape index (κ2) is 6.34. The molecule has 1 amide bonds. The number of allylic oxidation sites excluding steroid dienone is 3. The van der Waals surface area contributed by atoms with Gasteiger partial charge in [0.1, 0.15) is 6.61 Å². The molecule has 0 heterocycles. The van der Waals surface area contributed by atoms with E-state index in [4.69, 9.17) is 10.5 Å². The van der Waals surface area contributed by atoms with Crippen molar-refractivity contribution in [3.63, 3.8) is 0 Å². The van der Waals surface area contributed by atoms with Gasteiger partial charge in [0.05, 0.1) is 5.41 Å². The molecule has 23 heavy (non-hydrogen) atoms. The fourth-order valence-electron chi connectivity index (χ4n) is 4.11. The first-order chi connectivity index (χ1) is 11.0. The molecular weight excluding hydrogens is 290 g/mol. The van der Waals surface area contributed by atoms with Gasteiger partial charge in [-0.15, -0.1) is 0 Å². The van der Waals surface area contributed by atoms with Crippen LogP contribution in [0, 0.1) is 10.8 Å². The molecule has 4 aliphatic rings. The van der Waals surface area contributed by atoms with Crippen molar-refractivity contribution in [3.05, 3.63) is 36.0 Å². The molecule has 2 bridgehead atoms. The van der Waals surface area contributed by atoms with Gasteiger partial charge < -0.3 is 10.5 Å². The second-order valence-electron chi connectivity index (χ2n) is 7.21. The Balaban J connectivity index is 1.58. The second-order valence-corrected chi connectivity index (χ2v) is 7.21. The topological polar surface area (TPSA) is 69.4 Å². The van der Waals surface area contributed by atoms with Gasteiger partial charge in [-0.25, -0.2) is 0 Å². The first-order valence-electron chi connectivity index (χ1n) is 8.55. The average Bonchev–Trinajstić information content (AvgIpc) is 2.60. The maximum atomic E-state index is 12.6. The lowest BCUT2D eigenvalue weighted by molar-refractivity contribution is -0.163. The quantitative estimate of drug-likeness (QED) is 0.625. The summed E-state index contributed by atoms with van der Waals surface area (Å²) in [5.41, 5.74) is 6.07. The number of fused-ring (bicyclic) bond motifs is 3. The van der Waals surface area contributed by atoms with Crippen LogP contribution >= 0.6 is 0 Å². The van der Waals surface area contributed by atoms with Crippen molar-refractivity contribution < 1.29 is 14.3 Å². The summed E-state index contributed by atoms with van der Waals surface area (Å²) in [5.74, 6) is -0.431. The van der Waals surface area contributed by atoms with Crippen LogP contribution in [0.4, 0.5) is 0 Å². The standard InChI is InChI=1S/C19H25NO3/c20-16(21)6-7-18-8-11-19(12-9-18,13-10-18)17(22)23-14-15-4-2-1-3-5-15/h2,4-7H,1,3,8-14H2,(H2,20,21)/b7-6+. The van der Waals surface area contributed by atoms with Crippen molar-refractivity contribution >= 4 is 11.9 Å². The molecule has 0 spiro atoms. The van der Waals surface area contributed by atoms with Gasteiger partial charge in [-0.05, 0) is 68.4 Å². The van der Waals surface area contributed by atoms with Crippen molar-refractivity contribution in [3.8, 4) is 0 Å². The number of rotatable bonds is 5. The highest BCUT2D eigenvalue weighted by Gasteiger charge is 2.52. The van der Waals surface area contributed by atoms with Crippen LogP contribution in [-0.2, 0) is 14.3 Å². The first kappa shape index (κ1) is 16.0. The smallest absolute Gasteiger partial charge is 0.312 e. The van der Waals surface area contributed by atoms with Gasteiger partial charge in [-0.2, -0.15) is 0 Å². The van der Waals surface area contributed by atoms with Gasteiger partial charge in [0.15, 0.2) is 0 Å². The number of ether oxygens (including phenoxy) is 1. The van der Waals surface area contributed by atoms with Gasteiger partial charge in [-0.1, -0.05) is 24.3 Å². The number of esters is 1. The molecule has 0 atom stereocenters. The van der Waals surface area contributed by atoms with Crippen LogP contribution in [0.25, 0.3) is 0 Å². The normalized spacial score (nSPS) is 32.8. The molecule has 0 radical (unpaired) electrons. The van der Waals surface area contributed by atoms with Crippen molar-refractivity contribution in [2.75, 3.05) is 6.61 Å². The Kier molecular flexibility index (Phi) is 4.42. The van der Waals surface area contributed by atoms with Crippen molar-refractivity contribution in [1.82, 2.24) is 0 Å². The van der Waals surface area contributed by atoms with E-state index < -0.39 is 5.91 Å². The number of nitrogens with two attached hydrogens (primary N) is 1. The molecule has 4 rings (SSSR count). The number of carbonyl (C=O) groups excluding carboxylic acids is 2. The highest BCUT2D eigenvalue weighted by molar-refractivity contribution is 5.85. The summed E-state index contributed by atoms with van der Waals surface area (Å²) in [6.45, 7) is 0.393. The van der Waals surface area contributed by atoms with Crippen LogP contribution in [0.1, 0.15) is 51.4 Å². The van der Waals surface area contributed by atoms with Crippen LogP contribution in [-0.4, -0.2) is 18.5 Å². The Morgan fingerprint density at radius 3 is 2.39 bits per heavy atom. The molecule has 3 fully saturated rings. The lowest BCUT2D eigenvalue weighted by Crippen LogP contribution is -2.46. The molecule has 4 aliphatic carbocycles. The summed E-state index contributed by atoms with van der Waals surface area (Å²) in [5, 5.41) is 0. The average molecular weight is 315 g/mol. The molecule has 0 aromatic rings. The highest BCUT2D eigenvalue weighted by Crippen LogP contribution is 2.58. The van der Waals surface area contributed by atoms with E-state index in [0.717, 1.165) is 56.9 Å². The molecule has 0 aliphatic heterocycles. The van der Waals surface area contributed by atoms with E-state index >= 15 is 0 Å². The van der Waals surface area contributed by atoms with E-state index in [1.54, 1.807) is 0 Å². The maximum absolute atomic E-state index is 12.6. The van der Waals surface area contributed by atoms with Gasteiger partial charge in [-0.3, -0.25) is 9.59 Å². The fourth-order valence-corrected chi connectivity index (χ4v) is 4.11. The summed E-state index contributed by atoms with van der Waals surface area (Å²) >= 11 is 0. The van der Waals surface area contributed by atoms with Crippen LogP contribution in [0.5, 0.6) is 0 Å². The van der Waals surface area contributed by atoms with Gasteiger partial charge in [0.25, 0.3) is 0 Å². The number of amides is 1. The zero-order valence-corrected chi connectivity index (χ0v) is 13.6. The van der Waals surface area contributed by atoms with Crippen LogP contribution < -0.4 is 5.73 Å². The monoisotopic (exact) mass is 315 g/mol. The zero-order chi connectivity index (χ0) is 16.3. The van der Waals surface area contributed by atoms with Crippen molar-refractivity contribution in [2.45, 2.75) is 51.4 Å². The number of hydrogen-bond donors (Lipinski definition) is 1. The van der Waals surface area contributed by atoms with E-state index in [1.165, 1.54) is 6.08 Å². The summed E-state index contributed by atoms with van der Waals surface area (Å²) in [7, 11) is 0. The first-order valence-corrected chi connectivity index (χ1v) is 8.55. The molecular formula is C19H25NO3. The van der Waals surface area contributed by atoms with Gasteiger partial charge in [0.2, 0.25) is 5.91 Å². The third kappa shape index (κ3) is 3.41. The zero-order valence-electron chi connectivity index (χ0n) is 13.6. The summed E-state index contributed by atoms with van der Waals surface area (Å²) in [4.78, 5) is 23.6. The minimum Gasteiger partial charge on any atom is -0.460 e. The third-order valence-corrected chi connectivity index (χ3v) is 5.78. The summed E-state index contributed by atoms with van der Waals surface area (Å²) in [6.07, 6.45) is 17.3. The largest absolute Gasteiger partial charge is 0.460 e. The van der Waals surface area contributed by atoms with Crippen LogP contribution in [0.3, 0.4) is 0 Å². The fraction of sp³-hybridized carbons (Fsp3) is 0.579. The Hall–Kier alpha value is -1.84. The van der Waals surface area contributed by atoms with E-state index in [0.29, 0.717) is 6.61 Å². The Morgan fingerprint density at radius 1 is 1.13 bits per heavy atom. The molecule has 4 heteroatoms. The lowest BCUT2D eigenvalue weighted by Gasteiger charge is -2.50. The predicted molar refractivity (Wildman–Crippen MR) is 88.3 cm³/mol. The van der Waals surface area contributed by atoms with Crippen molar-refractivity contribution in [1.29, 1.82) is 0 Å². The van der Waals surface area contributed by atoms with E-state index in [1.807, 2.05) is 6.08 Å². The minimum absolute atomic E-state index is 0.0374. The molecule has 2 N–H and O–H groups in total. The lowest BCUT2D eigenvalue weighted by atomic mass is 9.53. The molecule has 0 unspecified atom stereocenters. The molecule has 4 nitrogen and oxygen atoms in total. The molecule has 124 valence electrons. The van der Waals surface area contributed by atoms with E-state index in [-0.39, 0.29) is 16.8 Å². The van der Waals surface area contributed by atoms with E-state index in [2.05, 4.69) is 18.2 Å². The SMILES string of the molecule is NC(=O)/C=C/C12CCC(C(=O)OCC3=CCCC=C3)(CC1)CC2. The summed E-state index contributed by atoms with van der Waals surface area (Å²) < 4.78 is 5.62. The molecule has 3 saturated carbocycles.